The minimum Gasteiger partial charge on any atom is -0.295 e. The van der Waals surface area contributed by atoms with Crippen LogP contribution in [-0.4, -0.2) is 23.8 Å². The highest BCUT2D eigenvalue weighted by Crippen LogP contribution is 2.42. The molecule has 1 unspecified atom stereocenters. The molecule has 3 aromatic rings. The summed E-state index contributed by atoms with van der Waals surface area (Å²) in [5.74, 6) is -0.0459. The monoisotopic (exact) mass is 402 g/mol. The number of hydrogen-bond acceptors (Lipinski definition) is 4. The van der Waals surface area contributed by atoms with Gasteiger partial charge in [-0.3, -0.25) is 24.6 Å². The van der Waals surface area contributed by atoms with E-state index in [9.17, 15) is 14.4 Å². The highest BCUT2D eigenvalue weighted by molar-refractivity contribution is 7.98. The molecule has 144 valence electrons. The van der Waals surface area contributed by atoms with E-state index in [2.05, 4.69) is 23.5 Å². The lowest BCUT2D eigenvalue weighted by atomic mass is 10.0. The van der Waals surface area contributed by atoms with Crippen LogP contribution in [0.5, 0.6) is 0 Å². The molecule has 0 radical (unpaired) electrons. The highest BCUT2D eigenvalue weighted by Gasteiger charge is 2.40. The number of rotatable bonds is 4. The zero-order chi connectivity index (χ0) is 20.0. The first kappa shape index (κ1) is 17.9. The number of nitrogens with zero attached hydrogens (tertiary/aromatic N) is 1. The van der Waals surface area contributed by atoms with Crippen molar-refractivity contribution in [1.82, 2.24) is 5.32 Å². The second-order valence-corrected chi connectivity index (χ2v) is 8.31. The van der Waals surface area contributed by atoms with Crippen LogP contribution in [0.25, 0.3) is 10.8 Å². The summed E-state index contributed by atoms with van der Waals surface area (Å²) in [6.45, 7) is 0. The summed E-state index contributed by atoms with van der Waals surface area (Å²) < 4.78 is 0. The van der Waals surface area contributed by atoms with E-state index in [0.717, 1.165) is 27.1 Å². The maximum Gasteiger partial charge on any atom is 0.259 e. The van der Waals surface area contributed by atoms with Crippen molar-refractivity contribution in [3.63, 3.8) is 0 Å². The largest absolute Gasteiger partial charge is 0.295 e. The minimum absolute atomic E-state index is 0.173. The molecule has 3 amide bonds. The summed E-state index contributed by atoms with van der Waals surface area (Å²) in [6, 6.07) is 19.3. The van der Waals surface area contributed by atoms with Gasteiger partial charge in [0.15, 0.2) is 0 Å². The fourth-order valence-electron chi connectivity index (χ4n) is 4.05. The molecule has 5 nitrogen and oxygen atoms in total. The van der Waals surface area contributed by atoms with Gasteiger partial charge in [0.05, 0.1) is 11.3 Å². The number of hydrogen-bond donors (Lipinski definition) is 1. The second-order valence-electron chi connectivity index (χ2n) is 7.26. The fraction of sp³-hybridized carbons (Fsp3) is 0.174. The van der Waals surface area contributed by atoms with Gasteiger partial charge in [-0.15, -0.1) is 11.8 Å². The molecule has 1 fully saturated rings. The summed E-state index contributed by atoms with van der Waals surface area (Å²) in [5.41, 5.74) is 2.59. The first-order chi connectivity index (χ1) is 14.1. The lowest BCUT2D eigenvalue weighted by Gasteiger charge is -2.30. The predicted molar refractivity (Wildman–Crippen MR) is 113 cm³/mol. The van der Waals surface area contributed by atoms with Crippen molar-refractivity contribution in [2.45, 2.75) is 29.5 Å². The van der Waals surface area contributed by atoms with Crippen LogP contribution in [0.15, 0.2) is 65.6 Å². The average Bonchev–Trinajstić information content (AvgIpc) is 3.01. The highest BCUT2D eigenvalue weighted by atomic mass is 32.2. The third kappa shape index (κ3) is 3.09. The van der Waals surface area contributed by atoms with Gasteiger partial charge >= 0.3 is 0 Å². The minimum atomic E-state index is -0.654. The molecule has 0 spiro atoms. The zero-order valence-corrected chi connectivity index (χ0v) is 16.4. The van der Waals surface area contributed by atoms with Crippen molar-refractivity contribution >= 4 is 45.9 Å². The van der Waals surface area contributed by atoms with Gasteiger partial charge in [-0.25, -0.2) is 0 Å². The molecule has 2 heterocycles. The van der Waals surface area contributed by atoms with E-state index >= 15 is 0 Å². The van der Waals surface area contributed by atoms with E-state index in [1.807, 2.05) is 42.5 Å². The van der Waals surface area contributed by atoms with Crippen molar-refractivity contribution in [3.05, 3.63) is 71.8 Å². The van der Waals surface area contributed by atoms with Crippen LogP contribution in [0.1, 0.15) is 28.8 Å². The van der Waals surface area contributed by atoms with Crippen LogP contribution in [-0.2, 0) is 15.3 Å². The second kappa shape index (κ2) is 7.04. The van der Waals surface area contributed by atoms with Gasteiger partial charge in [0, 0.05) is 22.5 Å². The van der Waals surface area contributed by atoms with Crippen molar-refractivity contribution < 1.29 is 14.4 Å². The normalized spacial score (nSPS) is 18.4. The first-order valence-corrected chi connectivity index (χ1v) is 10.5. The van der Waals surface area contributed by atoms with Crippen LogP contribution in [0.2, 0.25) is 0 Å². The SMILES string of the molecule is O=C1CCC(N2C(=O)c3cc(SCc4ccccc4)cc4cccc2c34)C(=O)N1. The van der Waals surface area contributed by atoms with Gasteiger partial charge < -0.3 is 0 Å². The lowest BCUT2D eigenvalue weighted by Crippen LogP contribution is -2.53. The molecule has 29 heavy (non-hydrogen) atoms. The summed E-state index contributed by atoms with van der Waals surface area (Å²) in [5, 5.41) is 4.23. The molecular weight excluding hydrogens is 384 g/mol. The average molecular weight is 402 g/mol. The maximum absolute atomic E-state index is 13.3. The van der Waals surface area contributed by atoms with E-state index in [4.69, 9.17) is 0 Å². The Kier molecular flexibility index (Phi) is 4.36. The Morgan fingerprint density at radius 3 is 2.62 bits per heavy atom. The number of carbonyl (C=O) groups is 3. The Bertz CT molecular complexity index is 1160. The molecule has 1 atom stereocenters. The van der Waals surface area contributed by atoms with Gasteiger partial charge in [-0.2, -0.15) is 0 Å². The number of benzene rings is 3. The van der Waals surface area contributed by atoms with Crippen LogP contribution >= 0.6 is 11.8 Å². The van der Waals surface area contributed by atoms with Crippen LogP contribution in [0.3, 0.4) is 0 Å². The molecule has 2 aliphatic heterocycles. The predicted octanol–water partition coefficient (Wildman–Crippen LogP) is 3.90. The first-order valence-electron chi connectivity index (χ1n) is 9.52. The molecule has 0 bridgehead atoms. The summed E-state index contributed by atoms with van der Waals surface area (Å²) in [7, 11) is 0. The molecule has 0 aromatic heterocycles. The van der Waals surface area contributed by atoms with Crippen molar-refractivity contribution in [2.24, 2.45) is 0 Å². The van der Waals surface area contributed by atoms with Crippen LogP contribution in [0, 0.1) is 0 Å². The number of imide groups is 1. The Balaban J connectivity index is 1.50. The third-order valence-corrected chi connectivity index (χ3v) is 6.45. The van der Waals surface area contributed by atoms with Gasteiger partial charge in [0.2, 0.25) is 11.8 Å². The van der Waals surface area contributed by atoms with E-state index in [1.165, 1.54) is 5.56 Å². The van der Waals surface area contributed by atoms with Gasteiger partial charge in [0.1, 0.15) is 6.04 Å². The summed E-state index contributed by atoms with van der Waals surface area (Å²) in [6.07, 6.45) is 0.584. The molecule has 6 heteroatoms. The topological polar surface area (TPSA) is 66.5 Å². The van der Waals surface area contributed by atoms with E-state index < -0.39 is 11.9 Å². The zero-order valence-electron chi connectivity index (χ0n) is 15.6. The lowest BCUT2D eigenvalue weighted by molar-refractivity contribution is -0.134. The number of nitrogens with one attached hydrogen (secondary N) is 1. The number of amides is 3. The molecule has 3 aromatic carbocycles. The Morgan fingerprint density at radius 2 is 1.83 bits per heavy atom. The number of anilines is 1. The number of carbonyl (C=O) groups excluding carboxylic acids is 3. The van der Waals surface area contributed by atoms with Gasteiger partial charge in [-0.1, -0.05) is 42.5 Å². The van der Waals surface area contributed by atoms with Crippen LogP contribution < -0.4 is 10.2 Å². The summed E-state index contributed by atoms with van der Waals surface area (Å²) in [4.78, 5) is 39.8. The third-order valence-electron chi connectivity index (χ3n) is 5.41. The van der Waals surface area contributed by atoms with Crippen molar-refractivity contribution in [1.29, 1.82) is 0 Å². The molecule has 0 saturated carbocycles. The van der Waals surface area contributed by atoms with Gasteiger partial charge in [-0.05, 0) is 35.6 Å². The van der Waals surface area contributed by atoms with Gasteiger partial charge in [0.25, 0.3) is 5.91 Å². The molecular formula is C23H18N2O3S. The van der Waals surface area contributed by atoms with Crippen molar-refractivity contribution in [2.75, 3.05) is 4.90 Å². The van der Waals surface area contributed by atoms with E-state index in [-0.39, 0.29) is 18.2 Å². The molecule has 1 N–H and O–H groups in total. The van der Waals surface area contributed by atoms with E-state index in [1.54, 1.807) is 16.7 Å². The molecule has 0 aliphatic carbocycles. The Labute approximate surface area is 172 Å². The smallest absolute Gasteiger partial charge is 0.259 e. The molecule has 5 rings (SSSR count). The molecule has 1 saturated heterocycles. The van der Waals surface area contributed by atoms with E-state index in [0.29, 0.717) is 12.0 Å². The van der Waals surface area contributed by atoms with Crippen LogP contribution in [0.4, 0.5) is 5.69 Å². The summed E-state index contributed by atoms with van der Waals surface area (Å²) >= 11 is 1.69. The number of thioether (sulfide) groups is 1. The maximum atomic E-state index is 13.3. The standard InChI is InChI=1S/C23H18N2O3S/c26-20-10-9-19(22(27)24-20)25-18-8-4-7-15-11-16(12-17(21(15)18)23(25)28)29-13-14-5-2-1-3-6-14/h1-8,11-12,19H,9-10,13H2,(H,24,26,27). The Morgan fingerprint density at radius 1 is 1.00 bits per heavy atom. The quantitative estimate of drug-likeness (QED) is 0.531. The Hall–Kier alpha value is -3.12. The number of piperidine rings is 1. The molecule has 2 aliphatic rings. The fourth-order valence-corrected chi connectivity index (χ4v) is 4.99. The van der Waals surface area contributed by atoms with Crippen molar-refractivity contribution in [3.8, 4) is 0 Å².